The van der Waals surface area contributed by atoms with E-state index in [-0.39, 0.29) is 10.8 Å². The van der Waals surface area contributed by atoms with Gasteiger partial charge in [0.05, 0.1) is 16.2 Å². The second-order valence-electron chi connectivity index (χ2n) is 5.31. The highest BCUT2D eigenvalue weighted by molar-refractivity contribution is 7.90. The van der Waals surface area contributed by atoms with Gasteiger partial charge in [-0.15, -0.1) is 0 Å². The first-order valence-corrected chi connectivity index (χ1v) is 10.2. The van der Waals surface area contributed by atoms with E-state index in [2.05, 4.69) is 10.3 Å². The Morgan fingerprint density at radius 1 is 1.20 bits per heavy atom. The number of hydrogen-bond acceptors (Lipinski definition) is 6. The second-order valence-corrected chi connectivity index (χ2v) is 8.35. The zero-order chi connectivity index (χ0) is 18.0. The molecule has 0 bridgehead atoms. The Kier molecular flexibility index (Phi) is 4.73. The third-order valence-corrected chi connectivity index (χ3v) is 5.51. The lowest BCUT2D eigenvalue weighted by molar-refractivity contribution is 0.102. The molecule has 0 fully saturated rings. The number of carbonyl (C=O) groups excluding carboxylic acids is 1. The fourth-order valence-electron chi connectivity index (χ4n) is 2.27. The summed E-state index contributed by atoms with van der Waals surface area (Å²) in [5, 5.41) is 3.20. The number of benzene rings is 2. The van der Waals surface area contributed by atoms with Gasteiger partial charge in [-0.3, -0.25) is 10.1 Å². The van der Waals surface area contributed by atoms with Gasteiger partial charge in [-0.25, -0.2) is 13.4 Å². The first-order valence-electron chi connectivity index (χ1n) is 7.52. The van der Waals surface area contributed by atoms with Gasteiger partial charge in [-0.05, 0) is 43.3 Å². The van der Waals surface area contributed by atoms with Crippen LogP contribution >= 0.6 is 11.3 Å². The van der Waals surface area contributed by atoms with Crippen LogP contribution in [-0.2, 0) is 9.84 Å². The molecule has 0 aliphatic rings. The fourth-order valence-corrected chi connectivity index (χ4v) is 3.78. The predicted molar refractivity (Wildman–Crippen MR) is 98.3 cm³/mol. The van der Waals surface area contributed by atoms with Crippen molar-refractivity contribution in [1.29, 1.82) is 0 Å². The Balaban J connectivity index is 1.83. The third-order valence-electron chi connectivity index (χ3n) is 3.45. The highest BCUT2D eigenvalue weighted by Crippen LogP contribution is 2.32. The maximum absolute atomic E-state index is 12.3. The molecular weight excluding hydrogens is 360 g/mol. The summed E-state index contributed by atoms with van der Waals surface area (Å²) >= 11 is 1.35. The molecular formula is C17H16N2O4S2. The van der Waals surface area contributed by atoms with Crippen molar-refractivity contribution in [3.05, 3.63) is 48.0 Å². The lowest BCUT2D eigenvalue weighted by atomic mass is 10.2. The van der Waals surface area contributed by atoms with E-state index >= 15 is 0 Å². The van der Waals surface area contributed by atoms with Crippen LogP contribution in [0.15, 0.2) is 47.4 Å². The molecule has 0 aliphatic carbocycles. The third kappa shape index (κ3) is 3.80. The maximum Gasteiger partial charge on any atom is 0.257 e. The number of para-hydroxylation sites is 1. The van der Waals surface area contributed by atoms with E-state index in [1.165, 1.54) is 35.6 Å². The summed E-state index contributed by atoms with van der Waals surface area (Å²) in [6.45, 7) is 2.43. The van der Waals surface area contributed by atoms with Gasteiger partial charge in [0, 0.05) is 11.8 Å². The number of sulfone groups is 1. The number of carbonyl (C=O) groups is 1. The predicted octanol–water partition coefficient (Wildman–Crippen LogP) is 3.35. The largest absolute Gasteiger partial charge is 0.492 e. The summed E-state index contributed by atoms with van der Waals surface area (Å²) in [6.07, 6.45) is 1.12. The summed E-state index contributed by atoms with van der Waals surface area (Å²) in [5.41, 5.74) is 1.06. The van der Waals surface area contributed by atoms with Gasteiger partial charge < -0.3 is 4.74 Å². The van der Waals surface area contributed by atoms with E-state index < -0.39 is 9.84 Å². The van der Waals surface area contributed by atoms with Crippen LogP contribution in [0.4, 0.5) is 5.13 Å². The van der Waals surface area contributed by atoms with Crippen molar-refractivity contribution in [3.63, 3.8) is 0 Å². The zero-order valence-corrected chi connectivity index (χ0v) is 15.3. The van der Waals surface area contributed by atoms with Crippen LogP contribution in [0.25, 0.3) is 10.2 Å². The number of rotatable bonds is 5. The maximum atomic E-state index is 12.3. The molecule has 6 nitrogen and oxygen atoms in total. The molecule has 0 saturated heterocycles. The molecule has 3 rings (SSSR count). The van der Waals surface area contributed by atoms with E-state index in [1.807, 2.05) is 25.1 Å². The van der Waals surface area contributed by atoms with Gasteiger partial charge in [-0.1, -0.05) is 17.4 Å². The molecule has 1 N–H and O–H groups in total. The van der Waals surface area contributed by atoms with Crippen LogP contribution in [0.2, 0.25) is 0 Å². The summed E-state index contributed by atoms with van der Waals surface area (Å²) in [4.78, 5) is 16.9. The second kappa shape index (κ2) is 6.81. The number of nitrogens with one attached hydrogen (secondary N) is 1. The molecule has 0 aliphatic heterocycles. The number of thiazole rings is 1. The standard InChI is InChI=1S/C17H16N2O4S2/c1-3-23-13-5-4-6-14-15(13)18-17(24-14)19-16(20)11-7-9-12(10-8-11)25(2,21)22/h4-10H,3H2,1-2H3,(H,18,19,20). The molecule has 0 saturated carbocycles. The summed E-state index contributed by atoms with van der Waals surface area (Å²) in [6, 6.07) is 11.4. The molecule has 8 heteroatoms. The normalized spacial score (nSPS) is 11.4. The number of hydrogen-bond donors (Lipinski definition) is 1. The van der Waals surface area contributed by atoms with Gasteiger partial charge in [0.2, 0.25) is 0 Å². The van der Waals surface area contributed by atoms with Crippen molar-refractivity contribution in [3.8, 4) is 5.75 Å². The number of nitrogens with zero attached hydrogens (tertiary/aromatic N) is 1. The Morgan fingerprint density at radius 2 is 1.92 bits per heavy atom. The highest BCUT2D eigenvalue weighted by atomic mass is 32.2. The van der Waals surface area contributed by atoms with Gasteiger partial charge in [0.15, 0.2) is 15.0 Å². The summed E-state index contributed by atoms with van der Waals surface area (Å²) in [7, 11) is -3.29. The lowest BCUT2D eigenvalue weighted by Gasteiger charge is -2.03. The van der Waals surface area contributed by atoms with Crippen molar-refractivity contribution in [1.82, 2.24) is 4.98 Å². The Hall–Kier alpha value is -2.45. The van der Waals surface area contributed by atoms with Gasteiger partial charge >= 0.3 is 0 Å². The monoisotopic (exact) mass is 376 g/mol. The van der Waals surface area contributed by atoms with Crippen LogP contribution in [0, 0.1) is 0 Å². The number of aromatic nitrogens is 1. The van der Waals surface area contributed by atoms with Crippen LogP contribution in [0.5, 0.6) is 5.75 Å². The van der Waals surface area contributed by atoms with Crippen LogP contribution in [0.1, 0.15) is 17.3 Å². The SMILES string of the molecule is CCOc1cccc2sc(NC(=O)c3ccc(S(C)(=O)=O)cc3)nc12. The Morgan fingerprint density at radius 3 is 2.56 bits per heavy atom. The van der Waals surface area contributed by atoms with Crippen molar-refractivity contribution in [2.24, 2.45) is 0 Å². The number of amides is 1. The molecule has 25 heavy (non-hydrogen) atoms. The minimum absolute atomic E-state index is 0.172. The quantitative estimate of drug-likeness (QED) is 0.738. The van der Waals surface area contributed by atoms with Crippen molar-refractivity contribution < 1.29 is 17.9 Å². The average Bonchev–Trinajstić information content (AvgIpc) is 2.98. The zero-order valence-electron chi connectivity index (χ0n) is 13.6. The molecule has 0 spiro atoms. The molecule has 0 radical (unpaired) electrons. The van der Waals surface area contributed by atoms with E-state index in [1.54, 1.807) is 0 Å². The van der Waals surface area contributed by atoms with Crippen molar-refractivity contribution >= 4 is 42.4 Å². The van der Waals surface area contributed by atoms with E-state index in [4.69, 9.17) is 4.74 Å². The lowest BCUT2D eigenvalue weighted by Crippen LogP contribution is -2.11. The average molecular weight is 376 g/mol. The van der Waals surface area contributed by atoms with Gasteiger partial charge in [0.1, 0.15) is 11.3 Å². The van der Waals surface area contributed by atoms with Crippen molar-refractivity contribution in [2.45, 2.75) is 11.8 Å². The van der Waals surface area contributed by atoms with E-state index in [0.717, 1.165) is 11.0 Å². The molecule has 3 aromatic rings. The van der Waals surface area contributed by atoms with E-state index in [0.29, 0.717) is 28.6 Å². The van der Waals surface area contributed by atoms with E-state index in [9.17, 15) is 13.2 Å². The Labute approximate surface area is 149 Å². The topological polar surface area (TPSA) is 85.4 Å². The molecule has 1 heterocycles. The number of anilines is 1. The summed E-state index contributed by atoms with van der Waals surface area (Å²) in [5.74, 6) is 0.325. The van der Waals surface area contributed by atoms with Crippen LogP contribution < -0.4 is 10.1 Å². The molecule has 0 atom stereocenters. The summed E-state index contributed by atoms with van der Waals surface area (Å²) < 4.78 is 29.4. The smallest absolute Gasteiger partial charge is 0.257 e. The Bertz CT molecular complexity index is 1020. The van der Waals surface area contributed by atoms with Crippen LogP contribution in [0.3, 0.4) is 0 Å². The minimum Gasteiger partial charge on any atom is -0.492 e. The fraction of sp³-hybridized carbons (Fsp3) is 0.176. The first kappa shape index (κ1) is 17.4. The minimum atomic E-state index is -3.29. The van der Waals surface area contributed by atoms with Gasteiger partial charge in [-0.2, -0.15) is 0 Å². The highest BCUT2D eigenvalue weighted by Gasteiger charge is 2.13. The van der Waals surface area contributed by atoms with Crippen LogP contribution in [-0.4, -0.2) is 32.2 Å². The molecule has 1 amide bonds. The number of fused-ring (bicyclic) bond motifs is 1. The molecule has 1 aromatic heterocycles. The number of ether oxygens (including phenoxy) is 1. The molecule has 2 aromatic carbocycles. The molecule has 130 valence electrons. The molecule has 0 unspecified atom stereocenters. The first-order chi connectivity index (χ1) is 11.9. The van der Waals surface area contributed by atoms with Gasteiger partial charge in [0.25, 0.3) is 5.91 Å². The van der Waals surface area contributed by atoms with Crippen molar-refractivity contribution in [2.75, 3.05) is 18.2 Å².